The summed E-state index contributed by atoms with van der Waals surface area (Å²) in [5, 5.41) is 18.0. The highest BCUT2D eigenvalue weighted by Gasteiger charge is 2.27. The van der Waals surface area contributed by atoms with Crippen molar-refractivity contribution in [2.45, 2.75) is 19.8 Å². The van der Waals surface area contributed by atoms with Crippen molar-refractivity contribution in [1.29, 1.82) is 0 Å². The summed E-state index contributed by atoms with van der Waals surface area (Å²) in [5.74, 6) is 0.548. The van der Waals surface area contributed by atoms with Crippen molar-refractivity contribution in [3.8, 4) is 0 Å². The molecule has 4 rings (SSSR count). The molecule has 2 amide bonds. The Labute approximate surface area is 161 Å². The summed E-state index contributed by atoms with van der Waals surface area (Å²) < 4.78 is 1.63. The van der Waals surface area contributed by atoms with Gasteiger partial charge < -0.3 is 15.5 Å². The van der Waals surface area contributed by atoms with E-state index in [2.05, 4.69) is 30.8 Å². The minimum atomic E-state index is -0.127. The average Bonchev–Trinajstić information content (AvgIpc) is 3.17. The van der Waals surface area contributed by atoms with Crippen LogP contribution in [-0.4, -0.2) is 44.7 Å². The summed E-state index contributed by atoms with van der Waals surface area (Å²) in [6, 6.07) is 10.9. The number of benzene rings is 1. The van der Waals surface area contributed by atoms with Crippen LogP contribution in [0.5, 0.6) is 0 Å². The zero-order valence-electron chi connectivity index (χ0n) is 15.5. The topological polar surface area (TPSA) is 105 Å². The summed E-state index contributed by atoms with van der Waals surface area (Å²) in [6.07, 6.45) is 3.32. The molecule has 0 aliphatic carbocycles. The Balaban J connectivity index is 1.40. The second kappa shape index (κ2) is 7.63. The van der Waals surface area contributed by atoms with Crippen LogP contribution in [0.15, 0.2) is 42.7 Å². The van der Waals surface area contributed by atoms with E-state index in [0.717, 1.165) is 25.2 Å². The fraction of sp³-hybridized carbons (Fsp3) is 0.316. The molecule has 3 aromatic rings. The third kappa shape index (κ3) is 3.93. The number of aromatic nitrogens is 4. The lowest BCUT2D eigenvalue weighted by atomic mass is 9.97. The molecule has 0 spiro atoms. The molecule has 9 nitrogen and oxygen atoms in total. The molecule has 0 bridgehead atoms. The molecule has 1 aromatic carbocycles. The number of hydrogen-bond donors (Lipinski definition) is 2. The number of fused-ring (bicyclic) bond motifs is 1. The predicted octanol–water partition coefficient (Wildman–Crippen LogP) is 1.94. The van der Waals surface area contributed by atoms with Gasteiger partial charge in [0, 0.05) is 31.4 Å². The minimum Gasteiger partial charge on any atom is -0.354 e. The molecule has 1 aliphatic rings. The third-order valence-electron chi connectivity index (χ3n) is 4.74. The van der Waals surface area contributed by atoms with E-state index >= 15 is 0 Å². The Morgan fingerprint density at radius 1 is 1.07 bits per heavy atom. The zero-order valence-corrected chi connectivity index (χ0v) is 15.5. The Hall–Kier alpha value is -3.49. The molecule has 1 aliphatic heterocycles. The number of nitrogens with zero attached hydrogens (tertiary/aromatic N) is 5. The van der Waals surface area contributed by atoms with Crippen LogP contribution in [0.3, 0.4) is 0 Å². The Bertz CT molecular complexity index is 999. The first kappa shape index (κ1) is 17.9. The van der Waals surface area contributed by atoms with E-state index < -0.39 is 0 Å². The van der Waals surface area contributed by atoms with Gasteiger partial charge >= 0.3 is 0 Å². The fourth-order valence-electron chi connectivity index (χ4n) is 3.37. The SMILES string of the molecule is CC(=O)Nc1ccc(NC(=O)[C@@H]2CCCN(c3ccc4nncn4n3)C2)cc1. The maximum absolute atomic E-state index is 12.7. The van der Waals surface area contributed by atoms with Crippen molar-refractivity contribution in [1.82, 2.24) is 19.8 Å². The molecule has 3 heterocycles. The van der Waals surface area contributed by atoms with Gasteiger partial charge in [-0.15, -0.1) is 15.3 Å². The van der Waals surface area contributed by atoms with Crippen LogP contribution in [0.25, 0.3) is 5.65 Å². The van der Waals surface area contributed by atoms with Gasteiger partial charge in [-0.2, -0.15) is 4.52 Å². The largest absolute Gasteiger partial charge is 0.354 e. The minimum absolute atomic E-state index is 0.0117. The van der Waals surface area contributed by atoms with Crippen molar-refractivity contribution < 1.29 is 9.59 Å². The van der Waals surface area contributed by atoms with Gasteiger partial charge in [0.1, 0.15) is 12.1 Å². The van der Waals surface area contributed by atoms with Crippen molar-refractivity contribution in [3.05, 3.63) is 42.7 Å². The summed E-state index contributed by atoms with van der Waals surface area (Å²) in [4.78, 5) is 25.9. The van der Waals surface area contributed by atoms with E-state index in [1.165, 1.54) is 6.92 Å². The van der Waals surface area contributed by atoms with Gasteiger partial charge in [0.05, 0.1) is 5.92 Å². The van der Waals surface area contributed by atoms with Crippen LogP contribution < -0.4 is 15.5 Å². The van der Waals surface area contributed by atoms with Crippen molar-refractivity contribution in [2.75, 3.05) is 28.6 Å². The molecular weight excluding hydrogens is 358 g/mol. The lowest BCUT2D eigenvalue weighted by Crippen LogP contribution is -2.41. The highest BCUT2D eigenvalue weighted by Crippen LogP contribution is 2.23. The summed E-state index contributed by atoms with van der Waals surface area (Å²) >= 11 is 0. The number of piperidine rings is 1. The second-order valence-electron chi connectivity index (χ2n) is 6.86. The first-order valence-electron chi connectivity index (χ1n) is 9.19. The maximum atomic E-state index is 12.7. The van der Waals surface area contributed by atoms with E-state index in [4.69, 9.17) is 0 Å². The molecule has 2 N–H and O–H groups in total. The summed E-state index contributed by atoms with van der Waals surface area (Å²) in [6.45, 7) is 2.92. The van der Waals surface area contributed by atoms with Crippen molar-refractivity contribution in [2.24, 2.45) is 5.92 Å². The Morgan fingerprint density at radius 2 is 1.82 bits per heavy atom. The van der Waals surface area contributed by atoms with E-state index in [-0.39, 0.29) is 17.7 Å². The van der Waals surface area contributed by atoms with Gasteiger partial charge in [0.25, 0.3) is 0 Å². The molecule has 1 atom stereocenters. The molecule has 9 heteroatoms. The van der Waals surface area contributed by atoms with Crippen molar-refractivity contribution in [3.63, 3.8) is 0 Å². The number of carbonyl (C=O) groups is 2. The van der Waals surface area contributed by atoms with Crippen LogP contribution in [0.2, 0.25) is 0 Å². The molecule has 0 radical (unpaired) electrons. The lowest BCUT2D eigenvalue weighted by Gasteiger charge is -2.32. The maximum Gasteiger partial charge on any atom is 0.229 e. The number of carbonyl (C=O) groups excluding carboxylic acids is 2. The number of hydrogen-bond acceptors (Lipinski definition) is 6. The molecule has 144 valence electrons. The van der Waals surface area contributed by atoms with E-state index in [0.29, 0.717) is 23.6 Å². The number of amides is 2. The van der Waals surface area contributed by atoms with Gasteiger partial charge in [0.15, 0.2) is 5.65 Å². The normalized spacial score (nSPS) is 16.8. The molecular formula is C19H21N7O2. The molecule has 28 heavy (non-hydrogen) atoms. The predicted molar refractivity (Wildman–Crippen MR) is 105 cm³/mol. The molecule has 1 fully saturated rings. The van der Waals surface area contributed by atoms with Gasteiger partial charge in [-0.1, -0.05) is 0 Å². The Kier molecular flexibility index (Phi) is 4.88. The molecule has 1 saturated heterocycles. The third-order valence-corrected chi connectivity index (χ3v) is 4.74. The summed E-state index contributed by atoms with van der Waals surface area (Å²) in [7, 11) is 0. The van der Waals surface area contributed by atoms with E-state index in [1.54, 1.807) is 35.1 Å². The highest BCUT2D eigenvalue weighted by molar-refractivity contribution is 5.94. The number of nitrogens with one attached hydrogen (secondary N) is 2. The molecule has 2 aromatic heterocycles. The second-order valence-corrected chi connectivity index (χ2v) is 6.86. The van der Waals surface area contributed by atoms with E-state index in [1.807, 2.05) is 12.1 Å². The van der Waals surface area contributed by atoms with Gasteiger partial charge in [-0.05, 0) is 49.2 Å². The monoisotopic (exact) mass is 379 g/mol. The standard InChI is InChI=1S/C19H21N7O2/c1-13(27)21-15-4-6-16(7-5-15)22-19(28)14-3-2-10-25(11-14)18-9-8-17-23-20-12-26(17)24-18/h4-9,12,14H,2-3,10-11H2,1H3,(H,21,27)(H,22,28)/t14-/m1/s1. The van der Waals surface area contributed by atoms with Gasteiger partial charge in [-0.3, -0.25) is 9.59 Å². The van der Waals surface area contributed by atoms with Crippen LogP contribution in [0.1, 0.15) is 19.8 Å². The highest BCUT2D eigenvalue weighted by atomic mass is 16.2. The number of anilines is 3. The average molecular weight is 379 g/mol. The first-order chi connectivity index (χ1) is 13.6. The number of rotatable bonds is 4. The molecule has 0 unspecified atom stereocenters. The lowest BCUT2D eigenvalue weighted by molar-refractivity contribution is -0.120. The van der Waals surface area contributed by atoms with Crippen molar-refractivity contribution >= 4 is 34.7 Å². The van der Waals surface area contributed by atoms with Crippen LogP contribution in [0.4, 0.5) is 17.2 Å². The smallest absolute Gasteiger partial charge is 0.229 e. The first-order valence-corrected chi connectivity index (χ1v) is 9.19. The van der Waals surface area contributed by atoms with Crippen LogP contribution >= 0.6 is 0 Å². The zero-order chi connectivity index (χ0) is 19.5. The molecule has 0 saturated carbocycles. The van der Waals surface area contributed by atoms with Crippen LogP contribution in [-0.2, 0) is 9.59 Å². The quantitative estimate of drug-likeness (QED) is 0.718. The van der Waals surface area contributed by atoms with Gasteiger partial charge in [-0.25, -0.2) is 0 Å². The van der Waals surface area contributed by atoms with E-state index in [9.17, 15) is 9.59 Å². The van der Waals surface area contributed by atoms with Gasteiger partial charge in [0.2, 0.25) is 11.8 Å². The fourth-order valence-corrected chi connectivity index (χ4v) is 3.37. The Morgan fingerprint density at radius 3 is 2.57 bits per heavy atom. The summed E-state index contributed by atoms with van der Waals surface area (Å²) in [5.41, 5.74) is 2.10. The van der Waals surface area contributed by atoms with Crippen LogP contribution in [0, 0.1) is 5.92 Å².